The molecule has 29 heavy (non-hydrogen) atoms. The largest absolute Gasteiger partial charge is 0.497 e. The van der Waals surface area contributed by atoms with Gasteiger partial charge >= 0.3 is 0 Å². The third kappa shape index (κ3) is 4.16. The van der Waals surface area contributed by atoms with E-state index < -0.39 is 11.7 Å². The lowest BCUT2D eigenvalue weighted by Gasteiger charge is -2.45. The predicted octanol–water partition coefficient (Wildman–Crippen LogP) is 2.88. The monoisotopic (exact) mass is 398 g/mol. The lowest BCUT2D eigenvalue weighted by molar-refractivity contribution is -0.170. The van der Waals surface area contributed by atoms with Gasteiger partial charge in [-0.15, -0.1) is 0 Å². The first-order valence-electron chi connectivity index (χ1n) is 10.4. The first-order valence-corrected chi connectivity index (χ1v) is 10.4. The minimum Gasteiger partial charge on any atom is -0.497 e. The van der Waals surface area contributed by atoms with E-state index in [0.717, 1.165) is 38.3 Å². The molecule has 3 heterocycles. The lowest BCUT2D eigenvalue weighted by atomic mass is 9.88. The number of likely N-dealkylation sites (tertiary alicyclic amines) is 1. The van der Waals surface area contributed by atoms with Crippen LogP contribution in [0.2, 0.25) is 0 Å². The second-order valence-electron chi connectivity index (χ2n) is 8.42. The number of ether oxygens (including phenoxy) is 2. The zero-order valence-corrected chi connectivity index (χ0v) is 17.4. The average molecular weight is 399 g/mol. The molecular formula is C22H30N4O3. The van der Waals surface area contributed by atoms with Crippen molar-refractivity contribution in [1.29, 1.82) is 0 Å². The molecule has 4 rings (SSSR count). The van der Waals surface area contributed by atoms with Crippen molar-refractivity contribution in [3.05, 3.63) is 42.5 Å². The fourth-order valence-electron chi connectivity index (χ4n) is 4.41. The van der Waals surface area contributed by atoms with Crippen LogP contribution in [0.15, 0.2) is 36.7 Å². The van der Waals surface area contributed by atoms with Gasteiger partial charge in [0, 0.05) is 43.8 Å². The first kappa shape index (κ1) is 19.9. The summed E-state index contributed by atoms with van der Waals surface area (Å²) in [6.07, 6.45) is 4.90. The molecule has 1 atom stereocenters. The molecule has 2 aliphatic rings. The first-order chi connectivity index (χ1) is 14.0. The van der Waals surface area contributed by atoms with Gasteiger partial charge in [0.1, 0.15) is 17.2 Å². The maximum absolute atomic E-state index is 13.0. The van der Waals surface area contributed by atoms with Crippen molar-refractivity contribution < 1.29 is 14.3 Å². The van der Waals surface area contributed by atoms with Crippen LogP contribution < -0.4 is 10.1 Å². The third-order valence-electron chi connectivity index (χ3n) is 5.77. The summed E-state index contributed by atoms with van der Waals surface area (Å²) in [5, 5.41) is 2.98. The Bertz CT molecular complexity index is 855. The Morgan fingerprint density at radius 3 is 2.90 bits per heavy atom. The highest BCUT2D eigenvalue weighted by atomic mass is 16.5. The molecule has 7 nitrogen and oxygen atoms in total. The molecule has 0 radical (unpaired) electrons. The van der Waals surface area contributed by atoms with E-state index in [9.17, 15) is 4.79 Å². The van der Waals surface area contributed by atoms with E-state index in [4.69, 9.17) is 9.47 Å². The lowest BCUT2D eigenvalue weighted by Crippen LogP contribution is -2.53. The van der Waals surface area contributed by atoms with Crippen LogP contribution in [0, 0.1) is 5.92 Å². The summed E-state index contributed by atoms with van der Waals surface area (Å²) in [5.41, 5.74) is 0.209. The molecule has 0 aliphatic carbocycles. The number of fused-ring (bicyclic) bond motifs is 2. The Morgan fingerprint density at radius 1 is 1.38 bits per heavy atom. The number of amides is 1. The summed E-state index contributed by atoms with van der Waals surface area (Å²) in [6, 6.07) is 7.37. The molecule has 1 amide bonds. The summed E-state index contributed by atoms with van der Waals surface area (Å²) in [6.45, 7) is 7.96. The van der Waals surface area contributed by atoms with Crippen molar-refractivity contribution in [2.24, 2.45) is 5.92 Å². The van der Waals surface area contributed by atoms with Crippen LogP contribution in [-0.4, -0.2) is 53.2 Å². The van der Waals surface area contributed by atoms with Crippen molar-refractivity contribution in [3.63, 3.8) is 0 Å². The Morgan fingerprint density at radius 2 is 2.17 bits per heavy atom. The molecule has 1 fully saturated rings. The van der Waals surface area contributed by atoms with Crippen LogP contribution >= 0.6 is 0 Å². The highest BCUT2D eigenvalue weighted by molar-refractivity contribution is 5.94. The van der Waals surface area contributed by atoms with Gasteiger partial charge in [0.2, 0.25) is 0 Å². The fourth-order valence-corrected chi connectivity index (χ4v) is 4.41. The number of anilines is 1. The molecule has 2 aromatic rings. The van der Waals surface area contributed by atoms with Gasteiger partial charge in [-0.3, -0.25) is 4.79 Å². The van der Waals surface area contributed by atoms with Gasteiger partial charge < -0.3 is 24.3 Å². The number of hydrogen-bond acceptors (Lipinski definition) is 5. The van der Waals surface area contributed by atoms with E-state index in [1.54, 1.807) is 7.11 Å². The van der Waals surface area contributed by atoms with Crippen LogP contribution in [0.25, 0.3) is 0 Å². The molecule has 1 aromatic heterocycles. The molecule has 1 N–H and O–H groups in total. The number of hydrogen-bond donors (Lipinski definition) is 1. The van der Waals surface area contributed by atoms with Crippen LogP contribution in [0.4, 0.5) is 5.69 Å². The van der Waals surface area contributed by atoms with Crippen molar-refractivity contribution >= 4 is 11.6 Å². The van der Waals surface area contributed by atoms with Gasteiger partial charge in [0.25, 0.3) is 5.91 Å². The average Bonchev–Trinajstić information content (AvgIpc) is 3.19. The Labute approximate surface area is 172 Å². The standard InChI is InChI=1S/C22H30N4O3/c1-16(2)14-25-10-7-22(8-11-25)21-23-9-12-26(21)15-19(29-22)20(27)24-17-5-4-6-18(13-17)28-3/h4-6,9,12-13,16,19H,7-8,10-11,14-15H2,1-3H3,(H,24,27)/t19-/m0/s1. The highest BCUT2D eigenvalue weighted by Gasteiger charge is 2.47. The number of imidazole rings is 1. The Kier molecular flexibility index (Phi) is 5.61. The number of aromatic nitrogens is 2. The third-order valence-corrected chi connectivity index (χ3v) is 5.77. The van der Waals surface area contributed by atoms with Gasteiger partial charge in [-0.05, 0) is 30.9 Å². The molecular weight excluding hydrogens is 368 g/mol. The number of nitrogens with zero attached hydrogens (tertiary/aromatic N) is 3. The molecule has 0 saturated carbocycles. The van der Waals surface area contributed by atoms with Crippen LogP contribution in [-0.2, 0) is 21.7 Å². The van der Waals surface area contributed by atoms with Gasteiger partial charge in [-0.1, -0.05) is 19.9 Å². The maximum Gasteiger partial charge on any atom is 0.255 e. The zero-order valence-electron chi connectivity index (χ0n) is 17.4. The molecule has 156 valence electrons. The van der Waals surface area contributed by atoms with E-state index >= 15 is 0 Å². The zero-order chi connectivity index (χ0) is 20.4. The topological polar surface area (TPSA) is 68.6 Å². The molecule has 0 unspecified atom stereocenters. The molecule has 0 bridgehead atoms. The van der Waals surface area contributed by atoms with E-state index in [2.05, 4.69) is 33.6 Å². The van der Waals surface area contributed by atoms with Gasteiger partial charge in [0.05, 0.1) is 13.7 Å². The second-order valence-corrected chi connectivity index (χ2v) is 8.42. The van der Waals surface area contributed by atoms with Crippen molar-refractivity contribution in [3.8, 4) is 5.75 Å². The second kappa shape index (κ2) is 8.16. The molecule has 1 saturated heterocycles. The molecule has 1 spiro atoms. The number of methoxy groups -OCH3 is 1. The normalized spacial score (nSPS) is 21.2. The van der Waals surface area contributed by atoms with Crippen molar-refractivity contribution in [2.75, 3.05) is 32.1 Å². The quantitative estimate of drug-likeness (QED) is 0.839. The smallest absolute Gasteiger partial charge is 0.255 e. The number of benzene rings is 1. The molecule has 7 heteroatoms. The van der Waals surface area contributed by atoms with E-state index in [0.29, 0.717) is 23.9 Å². The number of carbonyl (C=O) groups is 1. The minimum atomic E-state index is -0.556. The molecule has 1 aromatic carbocycles. The Balaban J connectivity index is 1.50. The molecule has 2 aliphatic heterocycles. The highest BCUT2D eigenvalue weighted by Crippen LogP contribution is 2.40. The van der Waals surface area contributed by atoms with Gasteiger partial charge in [-0.2, -0.15) is 0 Å². The van der Waals surface area contributed by atoms with E-state index in [-0.39, 0.29) is 5.91 Å². The summed E-state index contributed by atoms with van der Waals surface area (Å²) >= 11 is 0. The van der Waals surface area contributed by atoms with Crippen molar-refractivity contribution in [2.45, 2.75) is 44.9 Å². The van der Waals surface area contributed by atoms with Crippen molar-refractivity contribution in [1.82, 2.24) is 14.5 Å². The fraction of sp³-hybridized carbons (Fsp3) is 0.545. The maximum atomic E-state index is 13.0. The summed E-state index contributed by atoms with van der Waals surface area (Å²) < 4.78 is 13.8. The van der Waals surface area contributed by atoms with Crippen LogP contribution in [0.1, 0.15) is 32.5 Å². The summed E-state index contributed by atoms with van der Waals surface area (Å²) in [4.78, 5) is 20.1. The van der Waals surface area contributed by atoms with Crippen LogP contribution in [0.3, 0.4) is 0 Å². The number of piperidine rings is 1. The van der Waals surface area contributed by atoms with Gasteiger partial charge in [0.15, 0.2) is 6.10 Å². The Hall–Kier alpha value is -2.38. The SMILES string of the molecule is COc1cccc(NC(=O)[C@@H]2Cn3ccnc3C3(CCN(CC(C)C)CC3)O2)c1. The van der Waals surface area contributed by atoms with E-state index in [1.165, 1.54) is 0 Å². The van der Waals surface area contributed by atoms with Crippen LogP contribution in [0.5, 0.6) is 5.75 Å². The van der Waals surface area contributed by atoms with Gasteiger partial charge in [-0.25, -0.2) is 4.98 Å². The minimum absolute atomic E-state index is 0.137. The summed E-state index contributed by atoms with van der Waals surface area (Å²) in [5.74, 6) is 2.16. The predicted molar refractivity (Wildman–Crippen MR) is 111 cm³/mol. The van der Waals surface area contributed by atoms with E-state index in [1.807, 2.05) is 36.7 Å². The number of carbonyl (C=O) groups excluding carboxylic acids is 1. The summed E-state index contributed by atoms with van der Waals surface area (Å²) in [7, 11) is 1.61. The number of nitrogens with one attached hydrogen (secondary N) is 1. The number of rotatable bonds is 5.